The van der Waals surface area contributed by atoms with Crippen LogP contribution < -0.4 is 4.90 Å². The molecule has 1 fully saturated rings. The number of halogens is 3. The number of amides is 1. The first-order valence-corrected chi connectivity index (χ1v) is 6.78. The van der Waals surface area contributed by atoms with E-state index in [9.17, 15) is 4.79 Å². The summed E-state index contributed by atoms with van der Waals surface area (Å²) >= 11 is 13.7. The van der Waals surface area contributed by atoms with Gasteiger partial charge in [-0.25, -0.2) is 4.98 Å². The van der Waals surface area contributed by atoms with Gasteiger partial charge in [-0.2, -0.15) is 0 Å². The molecule has 1 aromatic rings. The summed E-state index contributed by atoms with van der Waals surface area (Å²) in [5.74, 6) is 1.50. The number of anilines is 1. The third-order valence-corrected chi connectivity index (χ3v) is 3.90. The number of alkyl halides is 1. The minimum absolute atomic E-state index is 0.0818. The topological polar surface area (TPSA) is 33.2 Å². The fraction of sp³-hybridized carbons (Fsp3) is 0.400. The Morgan fingerprint density at radius 1 is 1.62 bits per heavy atom. The van der Waals surface area contributed by atoms with Gasteiger partial charge in [0.25, 0.3) is 0 Å². The smallest absolute Gasteiger partial charge is 0.228 e. The molecular formula is C10H9Cl2IN2O. The third kappa shape index (κ3) is 2.43. The summed E-state index contributed by atoms with van der Waals surface area (Å²) in [6, 6.07) is 1.80. The van der Waals surface area contributed by atoms with Crippen molar-refractivity contribution < 1.29 is 4.79 Å². The molecular weight excluding hydrogens is 362 g/mol. The van der Waals surface area contributed by atoms with Gasteiger partial charge in [-0.15, -0.1) is 11.6 Å². The van der Waals surface area contributed by atoms with Crippen molar-refractivity contribution >= 4 is 57.5 Å². The molecule has 1 aliphatic rings. The lowest BCUT2D eigenvalue weighted by molar-refractivity contribution is -0.117. The van der Waals surface area contributed by atoms with Gasteiger partial charge in [0.2, 0.25) is 5.91 Å². The van der Waals surface area contributed by atoms with Gasteiger partial charge in [0, 0.05) is 25.0 Å². The van der Waals surface area contributed by atoms with Crippen LogP contribution in [0.15, 0.2) is 12.3 Å². The van der Waals surface area contributed by atoms with Crippen molar-refractivity contribution in [1.29, 1.82) is 0 Å². The summed E-state index contributed by atoms with van der Waals surface area (Å²) in [6.07, 6.45) is 2.06. The van der Waals surface area contributed by atoms with E-state index in [1.807, 2.05) is 0 Å². The molecule has 0 radical (unpaired) electrons. The highest BCUT2D eigenvalue weighted by molar-refractivity contribution is 14.1. The van der Waals surface area contributed by atoms with Crippen molar-refractivity contribution in [2.75, 3.05) is 17.3 Å². The predicted molar refractivity (Wildman–Crippen MR) is 73.1 cm³/mol. The predicted octanol–water partition coefficient (Wildman–Crippen LogP) is 2.93. The molecule has 0 spiro atoms. The van der Waals surface area contributed by atoms with Gasteiger partial charge in [-0.1, -0.05) is 11.6 Å². The van der Waals surface area contributed by atoms with Crippen LogP contribution in [0, 0.1) is 9.49 Å². The molecule has 2 rings (SSSR count). The SMILES string of the molecule is O=C1CC(CCl)CN1c1ncc(Cl)cc1I. The van der Waals surface area contributed by atoms with Crippen molar-refractivity contribution in [3.05, 3.63) is 20.9 Å². The molecule has 0 bridgehead atoms. The van der Waals surface area contributed by atoms with Crippen molar-refractivity contribution in [3.8, 4) is 0 Å². The van der Waals surface area contributed by atoms with Crippen LogP contribution >= 0.6 is 45.8 Å². The number of nitrogens with zero attached hydrogens (tertiary/aromatic N) is 2. The van der Waals surface area contributed by atoms with E-state index >= 15 is 0 Å². The molecule has 0 aromatic carbocycles. The zero-order valence-electron chi connectivity index (χ0n) is 8.29. The Bertz CT molecular complexity index is 427. The van der Waals surface area contributed by atoms with E-state index in [1.165, 1.54) is 0 Å². The van der Waals surface area contributed by atoms with Crippen molar-refractivity contribution in [2.24, 2.45) is 5.92 Å². The molecule has 86 valence electrons. The van der Waals surface area contributed by atoms with E-state index < -0.39 is 0 Å². The van der Waals surface area contributed by atoms with Crippen LogP contribution in [0.1, 0.15) is 6.42 Å². The van der Waals surface area contributed by atoms with Crippen LogP contribution in [0.5, 0.6) is 0 Å². The number of aromatic nitrogens is 1. The Kier molecular flexibility index (Phi) is 3.92. The molecule has 1 atom stereocenters. The molecule has 1 amide bonds. The lowest BCUT2D eigenvalue weighted by atomic mass is 10.1. The third-order valence-electron chi connectivity index (χ3n) is 2.47. The lowest BCUT2D eigenvalue weighted by Crippen LogP contribution is -2.26. The van der Waals surface area contributed by atoms with E-state index in [0.29, 0.717) is 29.7 Å². The number of pyridine rings is 1. The van der Waals surface area contributed by atoms with Gasteiger partial charge in [-0.3, -0.25) is 9.69 Å². The van der Waals surface area contributed by atoms with Crippen LogP contribution in [0.4, 0.5) is 5.82 Å². The molecule has 6 heteroatoms. The summed E-state index contributed by atoms with van der Waals surface area (Å²) in [5, 5.41) is 0.577. The van der Waals surface area contributed by atoms with Gasteiger partial charge in [0.15, 0.2) is 0 Å². The van der Waals surface area contributed by atoms with E-state index in [4.69, 9.17) is 23.2 Å². The number of carbonyl (C=O) groups excluding carboxylic acids is 1. The van der Waals surface area contributed by atoms with Gasteiger partial charge in [0.1, 0.15) is 5.82 Å². The maximum Gasteiger partial charge on any atom is 0.228 e. The number of rotatable bonds is 2. The average Bonchev–Trinajstić information content (AvgIpc) is 2.60. The minimum Gasteiger partial charge on any atom is -0.296 e. The van der Waals surface area contributed by atoms with Gasteiger partial charge in [-0.05, 0) is 34.6 Å². The summed E-state index contributed by atoms with van der Waals surface area (Å²) < 4.78 is 0.883. The molecule has 0 saturated carbocycles. The molecule has 2 heterocycles. The second kappa shape index (κ2) is 5.06. The van der Waals surface area contributed by atoms with Crippen LogP contribution in [0.25, 0.3) is 0 Å². The van der Waals surface area contributed by atoms with Gasteiger partial charge < -0.3 is 0 Å². The molecule has 1 saturated heterocycles. The summed E-state index contributed by atoms with van der Waals surface area (Å²) in [4.78, 5) is 17.7. The Morgan fingerprint density at radius 3 is 2.94 bits per heavy atom. The van der Waals surface area contributed by atoms with Crippen molar-refractivity contribution in [3.63, 3.8) is 0 Å². The first-order chi connectivity index (χ1) is 7.61. The Hall–Kier alpha value is -0.0700. The number of hydrogen-bond donors (Lipinski definition) is 0. The molecule has 1 aromatic heterocycles. The Morgan fingerprint density at radius 2 is 2.38 bits per heavy atom. The zero-order chi connectivity index (χ0) is 11.7. The molecule has 3 nitrogen and oxygen atoms in total. The van der Waals surface area contributed by atoms with E-state index in [0.717, 1.165) is 3.57 Å². The first kappa shape index (κ1) is 12.4. The Labute approximate surface area is 117 Å². The molecule has 0 aliphatic carbocycles. The summed E-state index contributed by atoms with van der Waals surface area (Å²) in [6.45, 7) is 0.646. The van der Waals surface area contributed by atoms with Crippen LogP contribution in [0.3, 0.4) is 0 Å². The Balaban J connectivity index is 2.28. The van der Waals surface area contributed by atoms with Crippen molar-refractivity contribution in [1.82, 2.24) is 4.98 Å². The quantitative estimate of drug-likeness (QED) is 0.592. The van der Waals surface area contributed by atoms with Gasteiger partial charge >= 0.3 is 0 Å². The average molecular weight is 371 g/mol. The number of hydrogen-bond acceptors (Lipinski definition) is 2. The second-order valence-corrected chi connectivity index (χ2v) is 5.59. The minimum atomic E-state index is 0.0818. The summed E-state index contributed by atoms with van der Waals surface area (Å²) in [7, 11) is 0. The fourth-order valence-electron chi connectivity index (χ4n) is 1.70. The molecule has 16 heavy (non-hydrogen) atoms. The van der Waals surface area contributed by atoms with Gasteiger partial charge in [0.05, 0.1) is 8.59 Å². The lowest BCUT2D eigenvalue weighted by Gasteiger charge is -2.16. The maximum atomic E-state index is 11.8. The van der Waals surface area contributed by atoms with Crippen LogP contribution in [-0.2, 0) is 4.79 Å². The highest BCUT2D eigenvalue weighted by Gasteiger charge is 2.31. The van der Waals surface area contributed by atoms with Crippen LogP contribution in [0.2, 0.25) is 5.02 Å². The molecule has 1 unspecified atom stereocenters. The molecule has 0 N–H and O–H groups in total. The summed E-state index contributed by atoms with van der Waals surface area (Å²) in [5.41, 5.74) is 0. The van der Waals surface area contributed by atoms with E-state index in [1.54, 1.807) is 17.2 Å². The zero-order valence-corrected chi connectivity index (χ0v) is 12.0. The first-order valence-electron chi connectivity index (χ1n) is 4.79. The monoisotopic (exact) mass is 370 g/mol. The highest BCUT2D eigenvalue weighted by Crippen LogP contribution is 2.29. The molecule has 1 aliphatic heterocycles. The van der Waals surface area contributed by atoms with Crippen molar-refractivity contribution in [2.45, 2.75) is 6.42 Å². The maximum absolute atomic E-state index is 11.8. The second-order valence-electron chi connectivity index (χ2n) is 3.69. The largest absolute Gasteiger partial charge is 0.296 e. The van der Waals surface area contributed by atoms with E-state index in [2.05, 4.69) is 27.6 Å². The fourth-order valence-corrected chi connectivity index (χ4v) is 3.01. The highest BCUT2D eigenvalue weighted by atomic mass is 127. The normalized spacial score (nSPS) is 20.6. The van der Waals surface area contributed by atoms with E-state index in [-0.39, 0.29) is 11.8 Å². The van der Waals surface area contributed by atoms with Crippen LogP contribution in [-0.4, -0.2) is 23.3 Å². The standard InChI is InChI=1S/C10H9Cl2IN2O/c11-3-6-1-9(16)15(5-6)10-8(13)2-7(12)4-14-10/h2,4,6H,1,3,5H2. The number of carbonyl (C=O) groups is 1.